The van der Waals surface area contributed by atoms with E-state index in [1.54, 1.807) is 37.3 Å². The fraction of sp³-hybridized carbons (Fsp3) is 0.350. The predicted molar refractivity (Wildman–Crippen MR) is 125 cm³/mol. The second kappa shape index (κ2) is 10.4. The van der Waals surface area contributed by atoms with Gasteiger partial charge in [0.15, 0.2) is 11.0 Å². The van der Waals surface area contributed by atoms with Crippen molar-refractivity contribution in [3.05, 3.63) is 41.8 Å². The van der Waals surface area contributed by atoms with Crippen LogP contribution in [0.3, 0.4) is 0 Å². The van der Waals surface area contributed by atoms with Crippen molar-refractivity contribution in [2.75, 3.05) is 24.2 Å². The van der Waals surface area contributed by atoms with Gasteiger partial charge >= 0.3 is 0 Å². The Morgan fingerprint density at radius 3 is 2.42 bits per heavy atom. The van der Waals surface area contributed by atoms with Crippen molar-refractivity contribution in [3.8, 4) is 10.7 Å². The van der Waals surface area contributed by atoms with E-state index < -0.39 is 10.0 Å². The molecule has 0 saturated heterocycles. The Balaban J connectivity index is 1.62. The summed E-state index contributed by atoms with van der Waals surface area (Å²) in [6.45, 7) is 7.13. The first-order chi connectivity index (χ1) is 14.9. The van der Waals surface area contributed by atoms with Crippen molar-refractivity contribution >= 4 is 44.7 Å². The Morgan fingerprint density at radius 2 is 1.84 bits per heavy atom. The molecule has 0 spiro atoms. The van der Waals surface area contributed by atoms with E-state index in [4.69, 9.17) is 0 Å². The number of carbonyl (C=O) groups is 1. The molecule has 0 fully saturated rings. The van der Waals surface area contributed by atoms with Crippen LogP contribution in [0.15, 0.2) is 51.8 Å². The monoisotopic (exact) mass is 479 g/mol. The molecule has 3 aromatic rings. The van der Waals surface area contributed by atoms with E-state index in [1.165, 1.54) is 28.2 Å². The molecule has 0 atom stereocenters. The van der Waals surface area contributed by atoms with Gasteiger partial charge in [0.25, 0.3) is 0 Å². The van der Waals surface area contributed by atoms with E-state index in [1.807, 2.05) is 29.0 Å². The first-order valence-electron chi connectivity index (χ1n) is 9.90. The summed E-state index contributed by atoms with van der Waals surface area (Å²) in [6, 6.07) is 10.2. The summed E-state index contributed by atoms with van der Waals surface area (Å²) in [5.41, 5.74) is 0.542. The Labute approximate surface area is 190 Å². The number of anilines is 1. The number of hydrogen-bond acceptors (Lipinski definition) is 7. The number of hydrogen-bond donors (Lipinski definition) is 1. The third kappa shape index (κ3) is 5.35. The van der Waals surface area contributed by atoms with E-state index in [0.29, 0.717) is 30.5 Å². The van der Waals surface area contributed by atoms with Crippen molar-refractivity contribution in [2.24, 2.45) is 0 Å². The lowest BCUT2D eigenvalue weighted by Gasteiger charge is -2.18. The molecule has 31 heavy (non-hydrogen) atoms. The lowest BCUT2D eigenvalue weighted by Crippen LogP contribution is -2.30. The molecule has 1 amide bonds. The van der Waals surface area contributed by atoms with Gasteiger partial charge in [-0.05, 0) is 42.6 Å². The zero-order chi connectivity index (χ0) is 22.4. The Kier molecular flexibility index (Phi) is 7.87. The molecule has 0 unspecified atom stereocenters. The van der Waals surface area contributed by atoms with E-state index in [-0.39, 0.29) is 16.6 Å². The zero-order valence-electron chi connectivity index (χ0n) is 17.6. The summed E-state index contributed by atoms with van der Waals surface area (Å²) in [4.78, 5) is 13.6. The first kappa shape index (κ1) is 23.5. The van der Waals surface area contributed by atoms with E-state index in [0.717, 1.165) is 10.7 Å². The summed E-state index contributed by atoms with van der Waals surface area (Å²) in [5.74, 6) is 0.764. The molecular weight excluding hydrogens is 454 g/mol. The van der Waals surface area contributed by atoms with Crippen LogP contribution in [0.2, 0.25) is 0 Å². The van der Waals surface area contributed by atoms with Crippen LogP contribution < -0.4 is 5.32 Å². The van der Waals surface area contributed by atoms with Gasteiger partial charge in [0.05, 0.1) is 15.5 Å². The van der Waals surface area contributed by atoms with E-state index in [9.17, 15) is 13.2 Å². The molecule has 0 saturated carbocycles. The summed E-state index contributed by atoms with van der Waals surface area (Å²) in [5, 5.41) is 14.0. The number of carbonyl (C=O) groups excluding carboxylic acids is 1. The van der Waals surface area contributed by atoms with Crippen LogP contribution >= 0.6 is 23.1 Å². The highest BCUT2D eigenvalue weighted by Gasteiger charge is 2.21. The van der Waals surface area contributed by atoms with Gasteiger partial charge in [-0.15, -0.1) is 21.5 Å². The van der Waals surface area contributed by atoms with Gasteiger partial charge < -0.3 is 9.88 Å². The third-order valence-corrected chi connectivity index (χ3v) is 8.48. The van der Waals surface area contributed by atoms with Crippen molar-refractivity contribution < 1.29 is 13.2 Å². The molecule has 0 bridgehead atoms. The van der Waals surface area contributed by atoms with Gasteiger partial charge in [-0.1, -0.05) is 31.7 Å². The number of thioether (sulfide) groups is 1. The van der Waals surface area contributed by atoms with E-state index in [2.05, 4.69) is 15.5 Å². The van der Waals surface area contributed by atoms with Crippen LogP contribution in [0.25, 0.3) is 10.7 Å². The minimum Gasteiger partial charge on any atom is -0.325 e. The second-order valence-corrected chi connectivity index (χ2v) is 10.3. The molecule has 0 aliphatic carbocycles. The Morgan fingerprint density at radius 1 is 1.13 bits per heavy atom. The fourth-order valence-electron chi connectivity index (χ4n) is 3.02. The molecule has 0 aliphatic rings. The number of amides is 1. The number of nitrogens with zero attached hydrogens (tertiary/aromatic N) is 4. The molecule has 1 aromatic carbocycles. The van der Waals surface area contributed by atoms with Gasteiger partial charge in [0.1, 0.15) is 0 Å². The smallest absolute Gasteiger partial charge is 0.243 e. The highest BCUT2D eigenvalue weighted by Crippen LogP contribution is 2.27. The minimum atomic E-state index is -3.52. The van der Waals surface area contributed by atoms with Gasteiger partial charge in [-0.25, -0.2) is 8.42 Å². The second-order valence-electron chi connectivity index (χ2n) is 6.48. The average Bonchev–Trinajstić information content (AvgIpc) is 3.42. The number of nitrogens with one attached hydrogen (secondary N) is 1. The van der Waals surface area contributed by atoms with Crippen LogP contribution in [0, 0.1) is 0 Å². The topological polar surface area (TPSA) is 97.2 Å². The molecule has 0 radical (unpaired) electrons. The average molecular weight is 480 g/mol. The van der Waals surface area contributed by atoms with Crippen LogP contribution in [0.1, 0.15) is 20.8 Å². The highest BCUT2D eigenvalue weighted by atomic mass is 32.2. The Bertz CT molecular complexity index is 1110. The van der Waals surface area contributed by atoms with Crippen molar-refractivity contribution in [1.82, 2.24) is 19.1 Å². The summed E-state index contributed by atoms with van der Waals surface area (Å²) in [6.07, 6.45) is 0. The van der Waals surface area contributed by atoms with E-state index >= 15 is 0 Å². The highest BCUT2D eigenvalue weighted by molar-refractivity contribution is 7.99. The predicted octanol–water partition coefficient (Wildman–Crippen LogP) is 3.79. The lowest BCUT2D eigenvalue weighted by molar-refractivity contribution is -0.113. The normalized spacial score (nSPS) is 11.7. The van der Waals surface area contributed by atoms with Gasteiger partial charge in [0.2, 0.25) is 15.9 Å². The number of sulfonamides is 1. The maximum absolute atomic E-state index is 12.6. The van der Waals surface area contributed by atoms with Crippen LogP contribution in [0.5, 0.6) is 0 Å². The minimum absolute atomic E-state index is 0.169. The largest absolute Gasteiger partial charge is 0.325 e. The molecule has 2 heterocycles. The number of thiophene rings is 1. The fourth-order valence-corrected chi connectivity index (χ4v) is 6.00. The SMILES string of the molecule is CCN(CC)S(=O)(=O)c1ccc(NC(=O)CSc2nnc(-c3cccs3)n2CC)cc1. The maximum Gasteiger partial charge on any atom is 0.243 e. The first-order valence-corrected chi connectivity index (χ1v) is 13.2. The van der Waals surface area contributed by atoms with Crippen molar-refractivity contribution in [3.63, 3.8) is 0 Å². The molecular formula is C20H25N5O3S3. The zero-order valence-corrected chi connectivity index (χ0v) is 20.1. The van der Waals surface area contributed by atoms with Crippen LogP contribution in [-0.2, 0) is 21.4 Å². The standard InChI is InChI=1S/C20H25N5O3S3/c1-4-24(5-2)31(27,28)16-11-9-15(10-12-16)21-18(26)14-30-20-23-22-19(25(20)6-3)17-8-7-13-29-17/h7-13H,4-6,14H2,1-3H3,(H,21,26). The van der Waals surface area contributed by atoms with Crippen molar-refractivity contribution in [1.29, 1.82) is 0 Å². The Hall–Kier alpha value is -2.21. The van der Waals surface area contributed by atoms with Crippen molar-refractivity contribution in [2.45, 2.75) is 37.4 Å². The van der Waals surface area contributed by atoms with Crippen LogP contribution in [0.4, 0.5) is 5.69 Å². The molecule has 3 rings (SSSR count). The quantitative estimate of drug-likeness (QED) is 0.445. The third-order valence-electron chi connectivity index (χ3n) is 4.59. The molecule has 1 N–H and O–H groups in total. The molecule has 8 nitrogen and oxygen atoms in total. The summed E-state index contributed by atoms with van der Waals surface area (Å²) in [7, 11) is -3.52. The number of aromatic nitrogens is 3. The molecule has 0 aliphatic heterocycles. The number of benzene rings is 1. The van der Waals surface area contributed by atoms with Gasteiger partial charge in [-0.2, -0.15) is 4.31 Å². The number of rotatable bonds is 10. The van der Waals surface area contributed by atoms with Crippen LogP contribution in [-0.4, -0.2) is 52.2 Å². The summed E-state index contributed by atoms with van der Waals surface area (Å²) >= 11 is 2.91. The summed E-state index contributed by atoms with van der Waals surface area (Å²) < 4.78 is 28.5. The molecule has 11 heteroatoms. The van der Waals surface area contributed by atoms with Gasteiger partial charge in [0, 0.05) is 25.3 Å². The van der Waals surface area contributed by atoms with Gasteiger partial charge in [-0.3, -0.25) is 4.79 Å². The molecule has 2 aromatic heterocycles. The molecule has 166 valence electrons. The lowest BCUT2D eigenvalue weighted by atomic mass is 10.3. The maximum atomic E-state index is 12.6.